The number of nitrogens with one attached hydrogen (secondary N) is 1. The van der Waals surface area contributed by atoms with E-state index in [1.54, 1.807) is 19.2 Å². The zero-order valence-corrected chi connectivity index (χ0v) is 14.2. The summed E-state index contributed by atoms with van der Waals surface area (Å²) < 4.78 is 6.00. The van der Waals surface area contributed by atoms with E-state index >= 15 is 0 Å². The average Bonchev–Trinajstić information content (AvgIpc) is 3.10. The van der Waals surface area contributed by atoms with E-state index < -0.39 is 6.04 Å². The molecule has 4 aromatic rings. The van der Waals surface area contributed by atoms with Crippen molar-refractivity contribution in [2.75, 3.05) is 0 Å². The number of para-hydroxylation sites is 1. The maximum atomic E-state index is 12.7. The summed E-state index contributed by atoms with van der Waals surface area (Å²) in [6.07, 6.45) is 1.58. The predicted octanol–water partition coefficient (Wildman–Crippen LogP) is 4.05. The fraction of sp³-hybridized carbons (Fsp3) is 0.0952. The van der Waals surface area contributed by atoms with Gasteiger partial charge in [-0.2, -0.15) is 0 Å². The molecule has 0 bridgehead atoms. The van der Waals surface area contributed by atoms with E-state index in [1.807, 2.05) is 60.7 Å². The van der Waals surface area contributed by atoms with Crippen LogP contribution in [0.4, 0.5) is 0 Å². The fourth-order valence-corrected chi connectivity index (χ4v) is 2.90. The van der Waals surface area contributed by atoms with Crippen LogP contribution in [0.1, 0.15) is 33.7 Å². The van der Waals surface area contributed by atoms with E-state index in [9.17, 15) is 4.79 Å². The summed E-state index contributed by atoms with van der Waals surface area (Å²) in [7, 11) is 0. The van der Waals surface area contributed by atoms with Crippen molar-refractivity contribution >= 4 is 16.9 Å². The summed E-state index contributed by atoms with van der Waals surface area (Å²) in [6.45, 7) is 1.75. The van der Waals surface area contributed by atoms with Crippen LogP contribution in [0.25, 0.3) is 11.0 Å². The zero-order valence-electron chi connectivity index (χ0n) is 14.2. The fourth-order valence-electron chi connectivity index (χ4n) is 2.90. The minimum atomic E-state index is -0.411. The topological polar surface area (TPSA) is 68.0 Å². The van der Waals surface area contributed by atoms with Crippen molar-refractivity contribution in [2.45, 2.75) is 13.0 Å². The molecule has 0 fully saturated rings. The van der Waals surface area contributed by atoms with Crippen molar-refractivity contribution in [3.8, 4) is 0 Å². The van der Waals surface area contributed by atoms with E-state index in [1.165, 1.54) is 0 Å². The SMILES string of the molecule is Cc1nccc(C(=O)N[C@@H](c2ccccc2)c2cc3ccccc3o2)n1. The molecule has 0 aliphatic carbocycles. The molecule has 1 atom stereocenters. The molecule has 5 nitrogen and oxygen atoms in total. The van der Waals surface area contributed by atoms with E-state index in [4.69, 9.17) is 4.42 Å². The smallest absolute Gasteiger partial charge is 0.270 e. The second-order valence-electron chi connectivity index (χ2n) is 5.99. The van der Waals surface area contributed by atoms with Gasteiger partial charge < -0.3 is 9.73 Å². The Labute approximate surface area is 150 Å². The lowest BCUT2D eigenvalue weighted by atomic mass is 10.0. The number of carbonyl (C=O) groups is 1. The lowest BCUT2D eigenvalue weighted by Crippen LogP contribution is -2.30. The van der Waals surface area contributed by atoms with Crippen LogP contribution in [0, 0.1) is 6.92 Å². The van der Waals surface area contributed by atoms with Crippen molar-refractivity contribution in [3.05, 3.63) is 95.8 Å². The number of fused-ring (bicyclic) bond motifs is 1. The molecule has 26 heavy (non-hydrogen) atoms. The third-order valence-corrected chi connectivity index (χ3v) is 4.15. The lowest BCUT2D eigenvalue weighted by molar-refractivity contribution is 0.0934. The maximum absolute atomic E-state index is 12.7. The Morgan fingerprint density at radius 2 is 1.81 bits per heavy atom. The number of carbonyl (C=O) groups excluding carboxylic acids is 1. The second-order valence-corrected chi connectivity index (χ2v) is 5.99. The Bertz CT molecular complexity index is 1020. The zero-order chi connectivity index (χ0) is 17.9. The van der Waals surface area contributed by atoms with Crippen molar-refractivity contribution in [1.82, 2.24) is 15.3 Å². The molecule has 0 unspecified atom stereocenters. The molecule has 4 rings (SSSR count). The van der Waals surface area contributed by atoms with Gasteiger partial charge in [0.05, 0.1) is 0 Å². The maximum Gasteiger partial charge on any atom is 0.270 e. The van der Waals surface area contributed by atoms with Crippen molar-refractivity contribution in [1.29, 1.82) is 0 Å². The van der Waals surface area contributed by atoms with Gasteiger partial charge in [-0.3, -0.25) is 4.79 Å². The molecule has 1 N–H and O–H groups in total. The number of aromatic nitrogens is 2. The molecule has 1 amide bonds. The normalized spacial score (nSPS) is 12.0. The number of furan rings is 1. The number of hydrogen-bond donors (Lipinski definition) is 1. The number of aryl methyl sites for hydroxylation is 1. The summed E-state index contributed by atoms with van der Waals surface area (Å²) in [6, 6.07) is 20.7. The predicted molar refractivity (Wildman–Crippen MR) is 98.7 cm³/mol. The van der Waals surface area contributed by atoms with E-state index in [2.05, 4.69) is 15.3 Å². The van der Waals surface area contributed by atoms with E-state index in [0.29, 0.717) is 17.3 Å². The summed E-state index contributed by atoms with van der Waals surface area (Å²) in [5, 5.41) is 4.03. The molecule has 0 aliphatic heterocycles. The van der Waals surface area contributed by atoms with Gasteiger partial charge in [0.2, 0.25) is 0 Å². The Balaban J connectivity index is 1.72. The Hall–Kier alpha value is -3.47. The molecule has 2 aromatic carbocycles. The summed E-state index contributed by atoms with van der Waals surface area (Å²) >= 11 is 0. The van der Waals surface area contributed by atoms with E-state index in [0.717, 1.165) is 16.5 Å². The molecule has 5 heteroatoms. The van der Waals surface area contributed by atoms with Gasteiger partial charge in [0.25, 0.3) is 5.91 Å². The van der Waals surface area contributed by atoms with Gasteiger partial charge in [0.15, 0.2) is 0 Å². The highest BCUT2D eigenvalue weighted by Crippen LogP contribution is 2.28. The first-order valence-corrected chi connectivity index (χ1v) is 8.34. The highest BCUT2D eigenvalue weighted by Gasteiger charge is 2.22. The van der Waals surface area contributed by atoms with Crippen LogP contribution in [0.15, 0.2) is 77.3 Å². The third kappa shape index (κ3) is 3.19. The van der Waals surface area contributed by atoms with Gasteiger partial charge in [-0.1, -0.05) is 48.5 Å². The minimum Gasteiger partial charge on any atom is -0.459 e. The van der Waals surface area contributed by atoms with Gasteiger partial charge in [-0.05, 0) is 30.7 Å². The van der Waals surface area contributed by atoms with Crippen LogP contribution in [-0.4, -0.2) is 15.9 Å². The number of amides is 1. The summed E-state index contributed by atoms with van der Waals surface area (Å²) in [5.41, 5.74) is 2.05. The Morgan fingerprint density at radius 3 is 2.58 bits per heavy atom. The third-order valence-electron chi connectivity index (χ3n) is 4.15. The summed E-state index contributed by atoms with van der Waals surface area (Å²) in [5.74, 6) is 0.957. The van der Waals surface area contributed by atoms with Crippen molar-refractivity contribution in [2.24, 2.45) is 0 Å². The largest absolute Gasteiger partial charge is 0.459 e. The van der Waals surface area contributed by atoms with Crippen molar-refractivity contribution < 1.29 is 9.21 Å². The van der Waals surface area contributed by atoms with Crippen molar-refractivity contribution in [3.63, 3.8) is 0 Å². The molecule has 0 radical (unpaired) electrons. The molecule has 0 saturated carbocycles. The van der Waals surface area contributed by atoms with Gasteiger partial charge in [-0.25, -0.2) is 9.97 Å². The second kappa shape index (κ2) is 6.80. The van der Waals surface area contributed by atoms with Gasteiger partial charge in [-0.15, -0.1) is 0 Å². The van der Waals surface area contributed by atoms with E-state index in [-0.39, 0.29) is 5.91 Å². The van der Waals surface area contributed by atoms with Crippen LogP contribution in [0.5, 0.6) is 0 Å². The van der Waals surface area contributed by atoms with Gasteiger partial charge >= 0.3 is 0 Å². The van der Waals surface area contributed by atoms with Crippen LogP contribution < -0.4 is 5.32 Å². The first-order valence-electron chi connectivity index (χ1n) is 8.34. The van der Waals surface area contributed by atoms with Gasteiger partial charge in [0, 0.05) is 11.6 Å². The molecule has 2 heterocycles. The van der Waals surface area contributed by atoms with Gasteiger partial charge in [0.1, 0.15) is 28.9 Å². The number of nitrogens with zero attached hydrogens (tertiary/aromatic N) is 2. The first kappa shape index (κ1) is 16.0. The molecular formula is C21H17N3O2. The Kier molecular flexibility index (Phi) is 4.19. The number of hydrogen-bond acceptors (Lipinski definition) is 4. The van der Waals surface area contributed by atoms with Crippen LogP contribution in [0.2, 0.25) is 0 Å². The molecule has 0 spiro atoms. The minimum absolute atomic E-state index is 0.273. The van der Waals surface area contributed by atoms with Crippen LogP contribution >= 0.6 is 0 Å². The molecule has 2 aromatic heterocycles. The lowest BCUT2D eigenvalue weighted by Gasteiger charge is -2.17. The standard InChI is InChI=1S/C21H17N3O2/c1-14-22-12-11-17(23-14)21(25)24-20(15-7-3-2-4-8-15)19-13-16-9-5-6-10-18(16)26-19/h2-13,20H,1H3,(H,24,25)/t20-/m0/s1. The molecule has 128 valence electrons. The van der Waals surface area contributed by atoms with Crippen LogP contribution in [-0.2, 0) is 0 Å². The molecule has 0 aliphatic rings. The Morgan fingerprint density at radius 1 is 1.04 bits per heavy atom. The highest BCUT2D eigenvalue weighted by atomic mass is 16.3. The quantitative estimate of drug-likeness (QED) is 0.607. The summed E-state index contributed by atoms with van der Waals surface area (Å²) in [4.78, 5) is 21.0. The van der Waals surface area contributed by atoms with Crippen LogP contribution in [0.3, 0.4) is 0 Å². The monoisotopic (exact) mass is 343 g/mol. The highest BCUT2D eigenvalue weighted by molar-refractivity contribution is 5.92. The first-order chi connectivity index (χ1) is 12.7. The number of benzene rings is 2. The molecule has 0 saturated heterocycles. The molecular weight excluding hydrogens is 326 g/mol. The number of rotatable bonds is 4. The average molecular weight is 343 g/mol.